The average Bonchev–Trinajstić information content (AvgIpc) is 2.98. The van der Waals surface area contributed by atoms with E-state index in [4.69, 9.17) is 10.00 Å². The molecule has 0 aliphatic carbocycles. The highest BCUT2D eigenvalue weighted by atomic mass is 16.5. The molecular formula is C12H12N6O2. The number of benzene rings is 1. The van der Waals surface area contributed by atoms with Gasteiger partial charge in [0.2, 0.25) is 0 Å². The highest BCUT2D eigenvalue weighted by Crippen LogP contribution is 2.18. The Morgan fingerprint density at radius 2 is 2.40 bits per heavy atom. The maximum absolute atomic E-state index is 11.7. The SMILES string of the molecule is N#CCCCOc1cccc(NC(=O)c2nn[nH]n2)c1. The normalized spacial score (nSPS) is 9.75. The van der Waals surface area contributed by atoms with Crippen LogP contribution in [0, 0.1) is 11.3 Å². The number of hydrogen-bond donors (Lipinski definition) is 2. The first-order chi connectivity index (χ1) is 9.79. The minimum atomic E-state index is -0.458. The zero-order chi connectivity index (χ0) is 14.2. The van der Waals surface area contributed by atoms with Crippen LogP contribution in [0.2, 0.25) is 0 Å². The number of nitrogens with zero attached hydrogens (tertiary/aromatic N) is 4. The molecule has 1 amide bonds. The van der Waals surface area contributed by atoms with Crippen molar-refractivity contribution in [1.82, 2.24) is 20.6 Å². The van der Waals surface area contributed by atoms with E-state index in [0.29, 0.717) is 30.9 Å². The minimum absolute atomic E-state index is 0.0367. The Hall–Kier alpha value is -2.95. The van der Waals surface area contributed by atoms with Crippen molar-refractivity contribution in [2.45, 2.75) is 12.8 Å². The minimum Gasteiger partial charge on any atom is -0.493 e. The van der Waals surface area contributed by atoms with Crippen molar-refractivity contribution in [3.8, 4) is 11.8 Å². The summed E-state index contributed by atoms with van der Waals surface area (Å²) in [5.41, 5.74) is 0.567. The van der Waals surface area contributed by atoms with Gasteiger partial charge in [-0.2, -0.15) is 10.5 Å². The molecule has 0 aliphatic heterocycles. The molecule has 1 aromatic carbocycles. The Balaban J connectivity index is 1.92. The van der Waals surface area contributed by atoms with Crippen molar-refractivity contribution in [3.63, 3.8) is 0 Å². The van der Waals surface area contributed by atoms with Gasteiger partial charge in [0.25, 0.3) is 11.7 Å². The first-order valence-corrected chi connectivity index (χ1v) is 5.94. The molecule has 0 spiro atoms. The van der Waals surface area contributed by atoms with E-state index in [1.54, 1.807) is 24.3 Å². The van der Waals surface area contributed by atoms with Crippen LogP contribution < -0.4 is 10.1 Å². The third-order valence-corrected chi connectivity index (χ3v) is 2.34. The molecule has 0 atom stereocenters. The molecule has 8 heteroatoms. The molecule has 20 heavy (non-hydrogen) atoms. The summed E-state index contributed by atoms with van der Waals surface area (Å²) >= 11 is 0. The number of nitriles is 1. The maximum Gasteiger partial charge on any atom is 0.297 e. The van der Waals surface area contributed by atoms with Gasteiger partial charge in [-0.15, -0.1) is 10.2 Å². The fraction of sp³-hybridized carbons (Fsp3) is 0.250. The molecule has 2 rings (SSSR count). The zero-order valence-corrected chi connectivity index (χ0v) is 10.5. The Morgan fingerprint density at radius 1 is 1.50 bits per heavy atom. The molecule has 1 heterocycles. The van der Waals surface area contributed by atoms with Gasteiger partial charge in [-0.05, 0) is 23.8 Å². The standard InChI is InChI=1S/C12H12N6O2/c13-6-1-2-7-20-10-5-3-4-9(8-10)14-12(19)11-15-17-18-16-11/h3-5,8H,1-2,7H2,(H,14,19)(H,15,16,17,18). The predicted octanol–water partition coefficient (Wildman–Crippen LogP) is 1.13. The molecule has 8 nitrogen and oxygen atoms in total. The van der Waals surface area contributed by atoms with Crippen LogP contribution in [0.15, 0.2) is 24.3 Å². The smallest absolute Gasteiger partial charge is 0.297 e. The number of carbonyl (C=O) groups excluding carboxylic acids is 1. The Kier molecular flexibility index (Phi) is 4.61. The van der Waals surface area contributed by atoms with Gasteiger partial charge in [0, 0.05) is 18.2 Å². The summed E-state index contributed by atoms with van der Waals surface area (Å²) in [5, 5.41) is 23.7. The highest BCUT2D eigenvalue weighted by molar-refractivity contribution is 6.01. The van der Waals surface area contributed by atoms with E-state index in [1.165, 1.54) is 0 Å². The second-order valence-corrected chi connectivity index (χ2v) is 3.83. The fourth-order valence-electron chi connectivity index (χ4n) is 1.45. The lowest BCUT2D eigenvalue weighted by Gasteiger charge is -2.07. The van der Waals surface area contributed by atoms with Crippen LogP contribution in [0.1, 0.15) is 23.5 Å². The molecule has 2 aromatic rings. The number of nitrogens with one attached hydrogen (secondary N) is 2. The zero-order valence-electron chi connectivity index (χ0n) is 10.5. The van der Waals surface area contributed by atoms with Gasteiger partial charge in [-0.1, -0.05) is 6.07 Å². The monoisotopic (exact) mass is 272 g/mol. The number of tetrazole rings is 1. The van der Waals surface area contributed by atoms with E-state index in [2.05, 4.69) is 25.9 Å². The van der Waals surface area contributed by atoms with Crippen LogP contribution in [-0.4, -0.2) is 33.1 Å². The summed E-state index contributed by atoms with van der Waals surface area (Å²) in [6.07, 6.45) is 1.12. The van der Waals surface area contributed by atoms with Crippen LogP contribution >= 0.6 is 0 Å². The summed E-state index contributed by atoms with van der Waals surface area (Å²) in [4.78, 5) is 11.7. The number of H-pyrrole nitrogens is 1. The van der Waals surface area contributed by atoms with Crippen molar-refractivity contribution in [3.05, 3.63) is 30.1 Å². The quantitative estimate of drug-likeness (QED) is 0.761. The van der Waals surface area contributed by atoms with Gasteiger partial charge in [0.05, 0.1) is 12.7 Å². The van der Waals surface area contributed by atoms with E-state index in [0.717, 1.165) is 0 Å². The van der Waals surface area contributed by atoms with E-state index >= 15 is 0 Å². The lowest BCUT2D eigenvalue weighted by Crippen LogP contribution is -2.13. The summed E-state index contributed by atoms with van der Waals surface area (Å²) in [5.74, 6) is 0.125. The molecule has 0 saturated heterocycles. The number of hydrogen-bond acceptors (Lipinski definition) is 6. The molecular weight excluding hydrogens is 260 g/mol. The second-order valence-electron chi connectivity index (χ2n) is 3.83. The first kappa shape index (κ1) is 13.5. The lowest BCUT2D eigenvalue weighted by atomic mass is 10.3. The molecule has 2 N–H and O–H groups in total. The molecule has 0 radical (unpaired) electrons. The van der Waals surface area contributed by atoms with Gasteiger partial charge in [0.15, 0.2) is 0 Å². The number of ether oxygens (including phenoxy) is 1. The summed E-state index contributed by atoms with van der Waals surface area (Å²) < 4.78 is 5.47. The predicted molar refractivity (Wildman–Crippen MR) is 68.9 cm³/mol. The third kappa shape index (κ3) is 3.78. The van der Waals surface area contributed by atoms with Crippen molar-refractivity contribution in [2.75, 3.05) is 11.9 Å². The topological polar surface area (TPSA) is 117 Å². The molecule has 1 aromatic heterocycles. The summed E-state index contributed by atoms with van der Waals surface area (Å²) in [6.45, 7) is 0.454. The number of aromatic nitrogens is 4. The number of rotatable bonds is 6. The van der Waals surface area contributed by atoms with E-state index in [9.17, 15) is 4.79 Å². The Morgan fingerprint density at radius 3 is 3.15 bits per heavy atom. The van der Waals surface area contributed by atoms with Crippen LogP contribution in [0.3, 0.4) is 0 Å². The molecule has 0 bridgehead atoms. The number of unbranched alkanes of at least 4 members (excludes halogenated alkanes) is 1. The molecule has 102 valence electrons. The summed E-state index contributed by atoms with van der Waals surface area (Å²) in [7, 11) is 0. The molecule has 0 unspecified atom stereocenters. The first-order valence-electron chi connectivity index (χ1n) is 5.94. The van der Waals surface area contributed by atoms with Crippen molar-refractivity contribution in [1.29, 1.82) is 5.26 Å². The van der Waals surface area contributed by atoms with Gasteiger partial charge < -0.3 is 10.1 Å². The third-order valence-electron chi connectivity index (χ3n) is 2.34. The van der Waals surface area contributed by atoms with Crippen molar-refractivity contribution < 1.29 is 9.53 Å². The van der Waals surface area contributed by atoms with E-state index in [-0.39, 0.29) is 5.82 Å². The molecule has 0 fully saturated rings. The number of amides is 1. The van der Waals surface area contributed by atoms with Crippen LogP contribution in [0.25, 0.3) is 0 Å². The van der Waals surface area contributed by atoms with Crippen LogP contribution in [0.5, 0.6) is 5.75 Å². The number of carbonyl (C=O) groups is 1. The average molecular weight is 272 g/mol. The molecule has 0 aliphatic rings. The lowest BCUT2D eigenvalue weighted by molar-refractivity contribution is 0.101. The largest absolute Gasteiger partial charge is 0.493 e. The second kappa shape index (κ2) is 6.84. The Bertz CT molecular complexity index is 605. The Labute approximate surface area is 114 Å². The van der Waals surface area contributed by atoms with Gasteiger partial charge in [-0.3, -0.25) is 4.79 Å². The molecule has 0 saturated carbocycles. The van der Waals surface area contributed by atoms with Gasteiger partial charge in [-0.25, -0.2) is 0 Å². The van der Waals surface area contributed by atoms with Crippen molar-refractivity contribution >= 4 is 11.6 Å². The van der Waals surface area contributed by atoms with Gasteiger partial charge in [0.1, 0.15) is 5.75 Å². The van der Waals surface area contributed by atoms with Crippen molar-refractivity contribution in [2.24, 2.45) is 0 Å². The van der Waals surface area contributed by atoms with Crippen LogP contribution in [0.4, 0.5) is 5.69 Å². The maximum atomic E-state index is 11.7. The van der Waals surface area contributed by atoms with E-state index < -0.39 is 5.91 Å². The van der Waals surface area contributed by atoms with E-state index in [1.807, 2.05) is 6.07 Å². The number of aromatic amines is 1. The van der Waals surface area contributed by atoms with Gasteiger partial charge >= 0.3 is 0 Å². The van der Waals surface area contributed by atoms with Crippen LogP contribution in [-0.2, 0) is 0 Å². The highest BCUT2D eigenvalue weighted by Gasteiger charge is 2.10. The fourth-order valence-corrected chi connectivity index (χ4v) is 1.45. The number of anilines is 1. The summed E-state index contributed by atoms with van der Waals surface area (Å²) in [6, 6.07) is 8.98.